The van der Waals surface area contributed by atoms with Crippen molar-refractivity contribution in [2.24, 2.45) is 5.41 Å². The highest BCUT2D eigenvalue weighted by Crippen LogP contribution is 2.57. The van der Waals surface area contributed by atoms with Gasteiger partial charge in [-0.25, -0.2) is 0 Å². The molecule has 0 saturated heterocycles. The molecule has 0 aliphatic heterocycles. The van der Waals surface area contributed by atoms with E-state index >= 15 is 0 Å². The van der Waals surface area contributed by atoms with E-state index in [1.54, 1.807) is 17.5 Å². The van der Waals surface area contributed by atoms with Crippen LogP contribution in [0.15, 0.2) is 24.4 Å². The van der Waals surface area contributed by atoms with Crippen molar-refractivity contribution in [3.63, 3.8) is 0 Å². The number of rotatable bonds is 5. The number of nitrogens with zero attached hydrogens (tertiary/aromatic N) is 4. The first-order valence-electron chi connectivity index (χ1n) is 8.84. The van der Waals surface area contributed by atoms with E-state index in [1.807, 2.05) is 18.2 Å². The summed E-state index contributed by atoms with van der Waals surface area (Å²) < 4.78 is 6.04. The van der Waals surface area contributed by atoms with Gasteiger partial charge in [-0.2, -0.15) is 0 Å². The van der Waals surface area contributed by atoms with Gasteiger partial charge >= 0.3 is 0 Å². The first-order chi connectivity index (χ1) is 11.7. The Kier molecular flexibility index (Phi) is 4.26. The van der Waals surface area contributed by atoms with Crippen molar-refractivity contribution < 1.29 is 4.74 Å². The Labute approximate surface area is 147 Å². The third-order valence-electron chi connectivity index (χ3n) is 5.71. The zero-order valence-corrected chi connectivity index (χ0v) is 15.1. The lowest BCUT2D eigenvalue weighted by Crippen LogP contribution is -2.63. The SMILES string of the molecule is CCOC1CC(N(C)c2nnc(-c3ccccn3)s2)C12CCCC2. The second kappa shape index (κ2) is 6.41. The fourth-order valence-electron chi connectivity index (χ4n) is 4.48. The standard InChI is InChI=1S/C18H24N4OS/c1-3-23-15-12-14(18(15)9-5-6-10-18)22(2)17-21-20-16(24-17)13-8-4-7-11-19-13/h4,7-8,11,14-15H,3,5-6,9-10,12H2,1-2H3. The normalized spacial score (nSPS) is 24.9. The summed E-state index contributed by atoms with van der Waals surface area (Å²) in [7, 11) is 2.16. The van der Waals surface area contributed by atoms with E-state index in [2.05, 4.69) is 34.1 Å². The average molecular weight is 344 g/mol. The molecule has 0 bridgehead atoms. The van der Waals surface area contributed by atoms with Gasteiger partial charge in [0.1, 0.15) is 5.69 Å². The lowest BCUT2D eigenvalue weighted by Gasteiger charge is -2.56. The molecule has 2 heterocycles. The summed E-state index contributed by atoms with van der Waals surface area (Å²) in [5.74, 6) is 0. The minimum Gasteiger partial charge on any atom is -0.378 e. The molecule has 4 rings (SSSR count). The van der Waals surface area contributed by atoms with Crippen LogP contribution in [0, 0.1) is 5.41 Å². The Hall–Kier alpha value is -1.53. The molecule has 0 aromatic carbocycles. The minimum atomic E-state index is 0.321. The molecule has 2 aromatic heterocycles. The molecule has 0 amide bonds. The maximum absolute atomic E-state index is 6.04. The Morgan fingerprint density at radius 1 is 1.29 bits per heavy atom. The van der Waals surface area contributed by atoms with Crippen LogP contribution in [0.25, 0.3) is 10.7 Å². The third kappa shape index (κ3) is 2.52. The lowest BCUT2D eigenvalue weighted by molar-refractivity contribution is -0.121. The van der Waals surface area contributed by atoms with Crippen molar-refractivity contribution in [1.82, 2.24) is 15.2 Å². The molecule has 2 saturated carbocycles. The maximum Gasteiger partial charge on any atom is 0.208 e. The lowest BCUT2D eigenvalue weighted by atomic mass is 9.60. The van der Waals surface area contributed by atoms with Crippen LogP contribution in [0.1, 0.15) is 39.0 Å². The topological polar surface area (TPSA) is 51.1 Å². The first kappa shape index (κ1) is 16.0. The van der Waals surface area contributed by atoms with Crippen LogP contribution in [-0.4, -0.2) is 41.0 Å². The smallest absolute Gasteiger partial charge is 0.208 e. The number of pyridine rings is 1. The number of ether oxygens (including phenoxy) is 1. The average Bonchev–Trinajstić information content (AvgIpc) is 3.29. The summed E-state index contributed by atoms with van der Waals surface area (Å²) in [5.41, 5.74) is 1.22. The fraction of sp³-hybridized carbons (Fsp3) is 0.611. The van der Waals surface area contributed by atoms with Gasteiger partial charge in [0.15, 0.2) is 5.01 Å². The summed E-state index contributed by atoms with van der Waals surface area (Å²) in [5, 5.41) is 10.7. The van der Waals surface area contributed by atoms with Crippen molar-refractivity contribution in [2.45, 2.75) is 51.2 Å². The van der Waals surface area contributed by atoms with E-state index in [1.165, 1.54) is 25.7 Å². The van der Waals surface area contributed by atoms with Gasteiger partial charge < -0.3 is 9.64 Å². The predicted octanol–water partition coefficient (Wildman–Crippen LogP) is 3.77. The molecule has 2 atom stereocenters. The molecule has 5 nitrogen and oxygen atoms in total. The fourth-order valence-corrected chi connectivity index (χ4v) is 5.31. The van der Waals surface area contributed by atoms with E-state index in [0.29, 0.717) is 17.6 Å². The molecule has 128 valence electrons. The monoisotopic (exact) mass is 344 g/mol. The summed E-state index contributed by atoms with van der Waals surface area (Å²) in [6.45, 7) is 2.91. The molecular formula is C18H24N4OS. The second-order valence-electron chi connectivity index (χ2n) is 6.85. The Balaban J connectivity index is 1.54. The Bertz CT molecular complexity index is 683. The van der Waals surface area contributed by atoms with E-state index in [0.717, 1.165) is 28.9 Å². The van der Waals surface area contributed by atoms with Crippen molar-refractivity contribution in [2.75, 3.05) is 18.6 Å². The van der Waals surface area contributed by atoms with Crippen LogP contribution < -0.4 is 4.90 Å². The van der Waals surface area contributed by atoms with Gasteiger partial charge in [-0.15, -0.1) is 10.2 Å². The van der Waals surface area contributed by atoms with Crippen molar-refractivity contribution in [3.05, 3.63) is 24.4 Å². The highest BCUT2D eigenvalue weighted by Gasteiger charge is 2.58. The molecule has 2 unspecified atom stereocenters. The summed E-state index contributed by atoms with van der Waals surface area (Å²) in [6, 6.07) is 6.40. The van der Waals surface area contributed by atoms with Gasteiger partial charge in [-0.3, -0.25) is 4.98 Å². The van der Waals surface area contributed by atoms with Gasteiger partial charge in [0.25, 0.3) is 0 Å². The molecule has 24 heavy (non-hydrogen) atoms. The van der Waals surface area contributed by atoms with Crippen LogP contribution >= 0.6 is 11.3 Å². The Morgan fingerprint density at radius 2 is 2.12 bits per heavy atom. The molecule has 0 radical (unpaired) electrons. The van der Waals surface area contributed by atoms with Gasteiger partial charge in [0.2, 0.25) is 5.13 Å². The van der Waals surface area contributed by atoms with Crippen LogP contribution in [0.3, 0.4) is 0 Å². The van der Waals surface area contributed by atoms with Gasteiger partial charge in [-0.05, 0) is 38.3 Å². The minimum absolute atomic E-state index is 0.321. The molecule has 1 spiro atoms. The number of hydrogen-bond acceptors (Lipinski definition) is 6. The highest BCUT2D eigenvalue weighted by atomic mass is 32.1. The number of aromatic nitrogens is 3. The molecule has 6 heteroatoms. The van der Waals surface area contributed by atoms with Crippen LogP contribution in [0.2, 0.25) is 0 Å². The van der Waals surface area contributed by atoms with Crippen LogP contribution in [-0.2, 0) is 4.74 Å². The predicted molar refractivity (Wildman–Crippen MR) is 96.3 cm³/mol. The molecule has 2 fully saturated rings. The van der Waals surface area contributed by atoms with E-state index in [-0.39, 0.29) is 0 Å². The van der Waals surface area contributed by atoms with Crippen molar-refractivity contribution >= 4 is 16.5 Å². The summed E-state index contributed by atoms with van der Waals surface area (Å²) in [6.07, 6.45) is 8.51. The van der Waals surface area contributed by atoms with E-state index in [9.17, 15) is 0 Å². The van der Waals surface area contributed by atoms with Crippen LogP contribution in [0.5, 0.6) is 0 Å². The van der Waals surface area contributed by atoms with E-state index < -0.39 is 0 Å². The Morgan fingerprint density at radius 3 is 2.83 bits per heavy atom. The van der Waals surface area contributed by atoms with Crippen LogP contribution in [0.4, 0.5) is 5.13 Å². The summed E-state index contributed by atoms with van der Waals surface area (Å²) in [4.78, 5) is 6.72. The quantitative estimate of drug-likeness (QED) is 0.826. The van der Waals surface area contributed by atoms with Crippen molar-refractivity contribution in [1.29, 1.82) is 0 Å². The number of anilines is 1. The molecule has 0 N–H and O–H groups in total. The second-order valence-corrected chi connectivity index (χ2v) is 7.81. The van der Waals surface area contributed by atoms with Gasteiger partial charge in [-0.1, -0.05) is 30.2 Å². The largest absolute Gasteiger partial charge is 0.378 e. The first-order valence-corrected chi connectivity index (χ1v) is 9.65. The zero-order valence-electron chi connectivity index (χ0n) is 14.3. The molecule has 2 aromatic rings. The maximum atomic E-state index is 6.04. The number of hydrogen-bond donors (Lipinski definition) is 0. The zero-order chi connectivity index (χ0) is 16.6. The van der Waals surface area contributed by atoms with E-state index in [4.69, 9.17) is 4.74 Å². The summed E-state index contributed by atoms with van der Waals surface area (Å²) >= 11 is 1.63. The molecular weight excluding hydrogens is 320 g/mol. The van der Waals surface area contributed by atoms with Crippen molar-refractivity contribution in [3.8, 4) is 10.7 Å². The molecule has 2 aliphatic rings. The van der Waals surface area contributed by atoms with Gasteiger partial charge in [0.05, 0.1) is 6.10 Å². The molecule has 2 aliphatic carbocycles. The van der Waals surface area contributed by atoms with Gasteiger partial charge in [0, 0.05) is 31.3 Å². The highest BCUT2D eigenvalue weighted by molar-refractivity contribution is 7.18. The third-order valence-corrected chi connectivity index (χ3v) is 6.75.